The molecule has 3 saturated carbocycles. The van der Waals surface area contributed by atoms with E-state index < -0.39 is 148 Å². The van der Waals surface area contributed by atoms with Crippen LogP contribution >= 0.6 is 0 Å². The zero-order valence-corrected chi connectivity index (χ0v) is 57.7. The van der Waals surface area contributed by atoms with E-state index in [0.717, 1.165) is 19.3 Å². The summed E-state index contributed by atoms with van der Waals surface area (Å²) >= 11 is 0. The Labute approximate surface area is 568 Å². The number of carbonyl (C=O) groups is 4. The van der Waals surface area contributed by atoms with Crippen LogP contribution in [0, 0.1) is 58.0 Å². The van der Waals surface area contributed by atoms with E-state index in [-0.39, 0.29) is 103 Å². The second-order valence-corrected chi connectivity index (χ2v) is 28.7. The van der Waals surface area contributed by atoms with Crippen LogP contribution in [0.5, 0.6) is 23.3 Å². The fourth-order valence-corrected chi connectivity index (χ4v) is 14.9. The summed E-state index contributed by atoms with van der Waals surface area (Å²) in [6.07, 6.45) is 4.66. The topological polar surface area (TPSA) is 214 Å². The third-order valence-corrected chi connectivity index (χ3v) is 20.4. The zero-order valence-electron chi connectivity index (χ0n) is 54.9. The molecule has 14 atom stereocenters. The van der Waals surface area contributed by atoms with Crippen molar-refractivity contribution in [3.05, 3.63) is 59.2 Å². The van der Waals surface area contributed by atoms with Gasteiger partial charge in [0.05, 0.1) is 38.3 Å². The SMILES string of the molecule is COc1ccc2c(F)c3c(nc2c1)O[C@H]1CN(C(=O)[C@H](C(C)(C)C)NC(=O)O[C@@H]2CC4CC4[C@H]2CCCCC3(F)F)[C@H]([C-]=O)[C@@H]1C.COc1ccc2c(F)c3c(nc2c1)O[C@H]1CN(C(=O)[C@H](C(C)(C)C)NC(=O)O[C@]2(C)CCC[C@H]2CCCCC3(F)F)[C@H]([C-]=O)[C@@H]1C.[V].[V]. The van der Waals surface area contributed by atoms with Gasteiger partial charge in [-0.25, -0.2) is 58.5 Å². The number of carbonyl (C=O) groups excluding carboxylic acids is 6. The number of fused-ring (bicyclic) bond motifs is 12. The van der Waals surface area contributed by atoms with E-state index in [0.29, 0.717) is 61.9 Å². The first-order valence-electron chi connectivity index (χ1n) is 32.1. The van der Waals surface area contributed by atoms with E-state index in [4.69, 9.17) is 28.4 Å². The average Bonchev–Trinajstić information content (AvgIpc) is 1.15. The second kappa shape index (κ2) is 28.6. The third-order valence-electron chi connectivity index (χ3n) is 20.4. The number of rotatable bonds is 4. The van der Waals surface area contributed by atoms with E-state index in [9.17, 15) is 28.8 Å². The average molecular weight is 1390 g/mol. The van der Waals surface area contributed by atoms with Crippen LogP contribution in [-0.2, 0) is 77.6 Å². The number of nitrogens with one attached hydrogen (secondary N) is 2. The van der Waals surface area contributed by atoms with Gasteiger partial charge in [-0.3, -0.25) is 9.59 Å². The molecule has 26 heteroatoms. The number of aromatic nitrogens is 2. The summed E-state index contributed by atoms with van der Waals surface area (Å²) in [6, 6.07) is 4.11. The van der Waals surface area contributed by atoms with Gasteiger partial charge in [-0.15, -0.1) is 0 Å². The van der Waals surface area contributed by atoms with Crippen LogP contribution in [-0.4, -0.2) is 132 Å². The van der Waals surface area contributed by atoms with E-state index in [1.165, 1.54) is 60.4 Å². The van der Waals surface area contributed by atoms with Gasteiger partial charge in [0.1, 0.15) is 70.3 Å². The van der Waals surface area contributed by atoms with Crippen molar-refractivity contribution in [3.63, 3.8) is 0 Å². The molecule has 18 nitrogen and oxygen atoms in total. The number of methoxy groups -OCH3 is 2. The Kier molecular flexibility index (Phi) is 22.5. The van der Waals surface area contributed by atoms with E-state index in [2.05, 4.69) is 20.6 Å². The predicted octanol–water partition coefficient (Wildman–Crippen LogP) is 12.4. The van der Waals surface area contributed by atoms with Gasteiger partial charge in [-0.1, -0.05) is 80.3 Å². The smallest absolute Gasteiger partial charge is 0.408 e. The summed E-state index contributed by atoms with van der Waals surface area (Å²) < 4.78 is 131. The van der Waals surface area contributed by atoms with Crippen LogP contribution in [0.4, 0.5) is 35.9 Å². The van der Waals surface area contributed by atoms with Gasteiger partial charge < -0.3 is 58.4 Å². The van der Waals surface area contributed by atoms with Crippen LogP contribution in [0.3, 0.4) is 0 Å². The quantitative estimate of drug-likeness (QED) is 0.144. The third kappa shape index (κ3) is 14.9. The van der Waals surface area contributed by atoms with Gasteiger partial charge in [-0.05, 0) is 135 Å². The summed E-state index contributed by atoms with van der Waals surface area (Å²) in [6.45, 7) is 15.4. The zero-order chi connectivity index (χ0) is 66.7. The molecule has 6 heterocycles. The maximum atomic E-state index is 16.1. The monoisotopic (exact) mass is 1390 g/mol. The molecule has 11 rings (SSSR count). The van der Waals surface area contributed by atoms with Crippen molar-refractivity contribution in [1.82, 2.24) is 30.4 Å². The molecular formula is C68H84F6N6O12V2-2. The number of alkyl carbamates (subject to hydrolysis) is 2. The number of hydrogen-bond acceptors (Lipinski definition) is 14. The standard InChI is InChI=1S/C34H41F3N3O6.C34H43F3N3O6.2V/c1-17-24(16-41)40-15-26(17)45-30-27(28(35)21-10-9-19(44-5)14-23(21)38-30)34(36,37)11-7-6-8-20-22-12-18(22)13-25(20)46-32(43)39-29(31(40)42)33(2,3)4;1-19-24(18-41)40-17-25(19)45-29-26(27(35)22-13-12-21(44-6)16-23(22)38-29)34(36,37)15-8-7-10-20-11-9-14-33(20,5)46-31(43)39-28(30(40)42)32(2,3)4;;/h9-10,14,17-18,20,22,24-26,29H,6-8,11-13,15H2,1-5H3,(H,39,43);12-13,16,19-20,24-25,28H,7-11,14-15,17H2,1-6H3,(H,39,43);;/q2*-1;;/t17-,18?,20+,22?,24+,25+,26-,29+;19-,20+,24+,25-,28+,33+;;/m00../s1. The number of halogens is 6. The Balaban J connectivity index is 0.000000236. The van der Waals surface area contributed by atoms with Crippen molar-refractivity contribution < 1.29 is 121 Å². The molecule has 2 N–H and O–H groups in total. The number of alkyl halides is 4. The molecule has 2 saturated heterocycles. The Morgan fingerprint density at radius 2 is 1.04 bits per heavy atom. The minimum atomic E-state index is -3.65. The molecular weight excluding hydrogens is 1310 g/mol. The molecule has 3 aliphatic carbocycles. The molecule has 4 amide bonds. The molecule has 5 fully saturated rings. The Morgan fingerprint density at radius 1 is 0.596 bits per heavy atom. The molecule has 2 unspecified atom stereocenters. The van der Waals surface area contributed by atoms with Gasteiger partial charge in [0, 0.05) is 72.9 Å². The molecule has 512 valence electrons. The Hall–Kier alpha value is -5.97. The first-order chi connectivity index (χ1) is 43.3. The van der Waals surface area contributed by atoms with Gasteiger partial charge in [0.2, 0.25) is 23.6 Å². The van der Waals surface area contributed by atoms with Gasteiger partial charge in [0.25, 0.3) is 11.8 Å². The molecule has 7 aliphatic rings. The van der Waals surface area contributed by atoms with Crippen molar-refractivity contribution in [1.29, 1.82) is 0 Å². The van der Waals surface area contributed by atoms with E-state index in [1.807, 2.05) is 19.5 Å². The number of nitrogens with zero attached hydrogens (tertiary/aromatic N) is 4. The molecule has 2 aromatic carbocycles. The molecule has 0 spiro atoms. The fourth-order valence-electron chi connectivity index (χ4n) is 14.9. The number of benzene rings is 2. The number of ether oxygens (including phenoxy) is 6. The van der Waals surface area contributed by atoms with Crippen molar-refractivity contribution in [2.75, 3.05) is 27.3 Å². The molecule has 4 aromatic rings. The van der Waals surface area contributed by atoms with E-state index >= 15 is 26.3 Å². The van der Waals surface area contributed by atoms with Crippen LogP contribution in [0.1, 0.15) is 157 Å². The summed E-state index contributed by atoms with van der Waals surface area (Å²) in [5.41, 5.74) is -4.19. The maximum absolute atomic E-state index is 16.1. The number of amides is 4. The minimum Gasteiger partial charge on any atom is -0.540 e. The first kappa shape index (κ1) is 73.8. The van der Waals surface area contributed by atoms with E-state index in [1.54, 1.807) is 55.4 Å². The van der Waals surface area contributed by atoms with Crippen LogP contribution in [0.25, 0.3) is 21.8 Å². The second-order valence-electron chi connectivity index (χ2n) is 28.7. The molecule has 2 aromatic heterocycles. The maximum Gasteiger partial charge on any atom is 0.408 e. The Bertz CT molecular complexity index is 3370. The van der Waals surface area contributed by atoms with Gasteiger partial charge in [-0.2, -0.15) is 0 Å². The molecule has 94 heavy (non-hydrogen) atoms. The molecule has 4 bridgehead atoms. The summed E-state index contributed by atoms with van der Waals surface area (Å²) in [5.74, 6) is -11.9. The largest absolute Gasteiger partial charge is 0.540 e. The molecule has 4 aliphatic heterocycles. The van der Waals surface area contributed by atoms with Crippen LogP contribution < -0.4 is 29.6 Å². The van der Waals surface area contributed by atoms with Crippen molar-refractivity contribution >= 4 is 58.4 Å². The van der Waals surface area contributed by atoms with Crippen LogP contribution in [0.2, 0.25) is 0 Å². The number of pyridine rings is 2. The summed E-state index contributed by atoms with van der Waals surface area (Å²) in [7, 11) is 2.85. The van der Waals surface area contributed by atoms with Crippen LogP contribution in [0.15, 0.2) is 36.4 Å². The van der Waals surface area contributed by atoms with Gasteiger partial charge in [0.15, 0.2) is 0 Å². The Morgan fingerprint density at radius 3 is 1.49 bits per heavy atom. The van der Waals surface area contributed by atoms with Crippen molar-refractivity contribution in [2.45, 2.75) is 206 Å². The fraction of sp³-hybridized carbons (Fsp3) is 0.647. The van der Waals surface area contributed by atoms with Crippen molar-refractivity contribution in [2.24, 2.45) is 46.3 Å². The summed E-state index contributed by atoms with van der Waals surface area (Å²) in [4.78, 5) is 90.3. The first-order valence-corrected chi connectivity index (χ1v) is 32.1. The normalized spacial score (nSPS) is 31.2. The van der Waals surface area contributed by atoms with Crippen molar-refractivity contribution in [3.8, 4) is 23.3 Å². The summed E-state index contributed by atoms with van der Waals surface area (Å²) in [5, 5.41) is 5.31. The number of hydrogen-bond donors (Lipinski definition) is 2. The molecule has 2 radical (unpaired) electrons. The minimum absolute atomic E-state index is 0. The predicted molar refractivity (Wildman–Crippen MR) is 326 cm³/mol. The van der Waals surface area contributed by atoms with Gasteiger partial charge >= 0.3 is 12.2 Å².